The average molecular weight is 282 g/mol. The van der Waals surface area contributed by atoms with Gasteiger partial charge in [0.05, 0.1) is 6.26 Å². The summed E-state index contributed by atoms with van der Waals surface area (Å²) in [4.78, 5) is 34.7. The summed E-state index contributed by atoms with van der Waals surface area (Å²) in [7, 11) is 1.44. The van der Waals surface area contributed by atoms with Crippen LogP contribution >= 0.6 is 0 Å². The van der Waals surface area contributed by atoms with Crippen molar-refractivity contribution in [2.75, 3.05) is 13.7 Å². The molecule has 0 aliphatic heterocycles. The Morgan fingerprint density at radius 3 is 2.55 bits per heavy atom. The molecule has 0 aromatic carbocycles. The minimum absolute atomic E-state index is 0.106. The van der Waals surface area contributed by atoms with Crippen LogP contribution in [0.5, 0.6) is 0 Å². The van der Waals surface area contributed by atoms with Crippen molar-refractivity contribution in [1.82, 2.24) is 10.6 Å². The van der Waals surface area contributed by atoms with Gasteiger partial charge in [0, 0.05) is 7.05 Å². The molecule has 0 radical (unpaired) electrons. The molecule has 7 heteroatoms. The molecule has 0 aliphatic rings. The average Bonchev–Trinajstić information content (AvgIpc) is 2.95. The van der Waals surface area contributed by atoms with Gasteiger partial charge in [0.2, 0.25) is 0 Å². The van der Waals surface area contributed by atoms with Crippen LogP contribution in [0.15, 0.2) is 22.8 Å². The summed E-state index contributed by atoms with van der Waals surface area (Å²) in [6.07, 6.45) is 1.36. The first-order chi connectivity index (χ1) is 9.45. The molecular formula is C13H18N2O5. The Balaban J connectivity index is 2.62. The van der Waals surface area contributed by atoms with E-state index >= 15 is 0 Å². The summed E-state index contributed by atoms with van der Waals surface area (Å²) in [6.45, 7) is 3.14. The van der Waals surface area contributed by atoms with E-state index < -0.39 is 23.8 Å². The molecule has 1 rings (SSSR count). The molecule has 7 nitrogen and oxygen atoms in total. The summed E-state index contributed by atoms with van der Waals surface area (Å²) in [5, 5.41) is 4.85. The first-order valence-corrected chi connectivity index (χ1v) is 6.17. The summed E-state index contributed by atoms with van der Waals surface area (Å²) in [6, 6.07) is 2.21. The lowest BCUT2D eigenvalue weighted by atomic mass is 10.0. The highest BCUT2D eigenvalue weighted by Crippen LogP contribution is 2.07. The van der Waals surface area contributed by atoms with E-state index in [2.05, 4.69) is 10.6 Å². The molecule has 0 spiro atoms. The number of likely N-dealkylation sites (N-methyl/N-ethyl adjacent to an activating group) is 1. The van der Waals surface area contributed by atoms with Crippen LogP contribution < -0.4 is 10.6 Å². The monoisotopic (exact) mass is 282 g/mol. The first-order valence-electron chi connectivity index (χ1n) is 6.17. The SMILES string of the molecule is CNC(=O)COC(=O)[C@@H](NC(=O)c1ccco1)C(C)C. The second-order valence-electron chi connectivity index (χ2n) is 4.45. The Morgan fingerprint density at radius 2 is 2.05 bits per heavy atom. The summed E-state index contributed by atoms with van der Waals surface area (Å²) < 4.78 is 9.78. The maximum absolute atomic E-state index is 11.9. The van der Waals surface area contributed by atoms with Gasteiger partial charge in [-0.25, -0.2) is 4.79 Å². The van der Waals surface area contributed by atoms with Crippen LogP contribution in [0.2, 0.25) is 0 Å². The predicted molar refractivity (Wildman–Crippen MR) is 69.8 cm³/mol. The van der Waals surface area contributed by atoms with Crippen molar-refractivity contribution < 1.29 is 23.5 Å². The molecule has 0 fully saturated rings. The second-order valence-corrected chi connectivity index (χ2v) is 4.45. The van der Waals surface area contributed by atoms with Crippen molar-refractivity contribution in [3.8, 4) is 0 Å². The zero-order chi connectivity index (χ0) is 15.1. The van der Waals surface area contributed by atoms with Crippen LogP contribution in [0.1, 0.15) is 24.4 Å². The molecule has 20 heavy (non-hydrogen) atoms. The number of carbonyl (C=O) groups excluding carboxylic acids is 3. The van der Waals surface area contributed by atoms with E-state index in [-0.39, 0.29) is 18.3 Å². The third-order valence-corrected chi connectivity index (χ3v) is 2.58. The standard InChI is InChI=1S/C13H18N2O5/c1-8(2)11(13(18)20-7-10(16)14-3)15-12(17)9-5-4-6-19-9/h4-6,8,11H,7H2,1-3H3,(H,14,16)(H,15,17)/t11-/m0/s1. The number of esters is 1. The molecule has 0 bridgehead atoms. The van der Waals surface area contributed by atoms with Crippen molar-refractivity contribution in [2.24, 2.45) is 5.92 Å². The van der Waals surface area contributed by atoms with Gasteiger partial charge in [-0.2, -0.15) is 0 Å². The fourth-order valence-corrected chi connectivity index (χ4v) is 1.42. The fourth-order valence-electron chi connectivity index (χ4n) is 1.42. The third kappa shape index (κ3) is 4.42. The fraction of sp³-hybridized carbons (Fsp3) is 0.462. The van der Waals surface area contributed by atoms with Gasteiger partial charge in [-0.3, -0.25) is 9.59 Å². The number of amides is 2. The van der Waals surface area contributed by atoms with Crippen molar-refractivity contribution in [1.29, 1.82) is 0 Å². The highest BCUT2D eigenvalue weighted by atomic mass is 16.5. The Hall–Kier alpha value is -2.31. The van der Waals surface area contributed by atoms with Gasteiger partial charge in [-0.1, -0.05) is 13.8 Å². The smallest absolute Gasteiger partial charge is 0.329 e. The molecule has 0 aliphatic carbocycles. The number of rotatable bonds is 6. The highest BCUT2D eigenvalue weighted by molar-refractivity contribution is 5.94. The third-order valence-electron chi connectivity index (χ3n) is 2.58. The molecule has 110 valence electrons. The number of hydrogen-bond acceptors (Lipinski definition) is 5. The van der Waals surface area contributed by atoms with Gasteiger partial charge < -0.3 is 19.8 Å². The van der Waals surface area contributed by atoms with E-state index in [9.17, 15) is 14.4 Å². The van der Waals surface area contributed by atoms with Gasteiger partial charge in [-0.15, -0.1) is 0 Å². The molecule has 1 aromatic rings. The number of nitrogens with one attached hydrogen (secondary N) is 2. The maximum atomic E-state index is 11.9. The quantitative estimate of drug-likeness (QED) is 0.732. The molecule has 0 saturated carbocycles. The van der Waals surface area contributed by atoms with E-state index in [1.807, 2.05) is 0 Å². The molecule has 2 N–H and O–H groups in total. The highest BCUT2D eigenvalue weighted by Gasteiger charge is 2.27. The Kier molecular flexibility index (Phi) is 5.76. The van der Waals surface area contributed by atoms with Gasteiger partial charge in [0.15, 0.2) is 12.4 Å². The van der Waals surface area contributed by atoms with E-state index in [0.717, 1.165) is 0 Å². The Labute approximate surface area is 116 Å². The molecule has 0 saturated heterocycles. The second kappa shape index (κ2) is 7.32. The minimum atomic E-state index is -0.850. The van der Waals surface area contributed by atoms with Crippen molar-refractivity contribution in [3.05, 3.63) is 24.2 Å². The lowest BCUT2D eigenvalue weighted by molar-refractivity contribution is -0.151. The Morgan fingerprint density at radius 1 is 1.35 bits per heavy atom. The van der Waals surface area contributed by atoms with Gasteiger partial charge in [0.1, 0.15) is 6.04 Å². The van der Waals surface area contributed by atoms with E-state index in [4.69, 9.17) is 9.15 Å². The molecule has 1 atom stereocenters. The van der Waals surface area contributed by atoms with Crippen LogP contribution in [0.3, 0.4) is 0 Å². The van der Waals surface area contributed by atoms with Crippen molar-refractivity contribution >= 4 is 17.8 Å². The van der Waals surface area contributed by atoms with Crippen molar-refractivity contribution in [2.45, 2.75) is 19.9 Å². The lowest BCUT2D eigenvalue weighted by Gasteiger charge is -2.20. The van der Waals surface area contributed by atoms with E-state index in [1.54, 1.807) is 19.9 Å². The molecule has 1 aromatic heterocycles. The summed E-state index contributed by atoms with van der Waals surface area (Å²) in [5.74, 6) is -1.67. The number of ether oxygens (including phenoxy) is 1. The topological polar surface area (TPSA) is 97.6 Å². The molecular weight excluding hydrogens is 264 g/mol. The minimum Gasteiger partial charge on any atom is -0.459 e. The van der Waals surface area contributed by atoms with Crippen LogP contribution in [0, 0.1) is 5.92 Å². The predicted octanol–water partition coefficient (Wildman–Crippen LogP) is 0.323. The molecule has 0 unspecified atom stereocenters. The normalized spacial score (nSPS) is 11.8. The Bertz CT molecular complexity index is 467. The van der Waals surface area contributed by atoms with Crippen LogP contribution in [0.25, 0.3) is 0 Å². The maximum Gasteiger partial charge on any atom is 0.329 e. The van der Waals surface area contributed by atoms with Crippen LogP contribution in [0.4, 0.5) is 0 Å². The van der Waals surface area contributed by atoms with Gasteiger partial charge in [0.25, 0.3) is 11.8 Å². The van der Waals surface area contributed by atoms with Crippen LogP contribution in [-0.2, 0) is 14.3 Å². The van der Waals surface area contributed by atoms with E-state index in [1.165, 1.54) is 19.4 Å². The lowest BCUT2D eigenvalue weighted by Crippen LogP contribution is -2.46. The van der Waals surface area contributed by atoms with Gasteiger partial charge >= 0.3 is 5.97 Å². The molecule has 2 amide bonds. The largest absolute Gasteiger partial charge is 0.459 e. The summed E-state index contributed by atoms with van der Waals surface area (Å²) in [5.41, 5.74) is 0. The number of furan rings is 1. The van der Waals surface area contributed by atoms with Gasteiger partial charge in [-0.05, 0) is 18.1 Å². The first kappa shape index (κ1) is 15.7. The number of carbonyl (C=O) groups is 3. The summed E-state index contributed by atoms with van der Waals surface area (Å²) >= 11 is 0. The van der Waals surface area contributed by atoms with E-state index in [0.29, 0.717) is 0 Å². The van der Waals surface area contributed by atoms with Crippen molar-refractivity contribution in [3.63, 3.8) is 0 Å². The number of hydrogen-bond donors (Lipinski definition) is 2. The zero-order valence-corrected chi connectivity index (χ0v) is 11.6. The molecule has 1 heterocycles. The van der Waals surface area contributed by atoms with Crippen LogP contribution in [-0.4, -0.2) is 37.5 Å². The zero-order valence-electron chi connectivity index (χ0n) is 11.6.